The minimum atomic E-state index is -0.255. The smallest absolute Gasteiger partial charge is 0.194 e. The fraction of sp³-hybridized carbons (Fsp3) is 0.682. The highest BCUT2D eigenvalue weighted by molar-refractivity contribution is 14.0. The number of guanidine groups is 1. The number of aliphatic imine (C=N–C) groups is 1. The fourth-order valence-corrected chi connectivity index (χ4v) is 3.88. The van der Waals surface area contributed by atoms with E-state index in [9.17, 15) is 5.11 Å². The Hall–Kier alpha value is -1.10. The number of aliphatic hydroxyl groups excluding tert-OH is 1. The van der Waals surface area contributed by atoms with Crippen molar-refractivity contribution in [1.82, 2.24) is 15.1 Å². The van der Waals surface area contributed by atoms with Gasteiger partial charge in [0.2, 0.25) is 0 Å². The van der Waals surface area contributed by atoms with Gasteiger partial charge in [-0.3, -0.25) is 4.90 Å². The molecule has 8 heteroatoms. The van der Waals surface area contributed by atoms with Gasteiger partial charge in [-0.05, 0) is 50.9 Å². The third kappa shape index (κ3) is 7.86. The molecule has 30 heavy (non-hydrogen) atoms. The summed E-state index contributed by atoms with van der Waals surface area (Å²) in [5.41, 5.74) is 1.12. The van der Waals surface area contributed by atoms with Gasteiger partial charge in [-0.25, -0.2) is 4.99 Å². The monoisotopic (exact) mass is 532 g/mol. The molecular formula is C22H37IN4O3. The summed E-state index contributed by atoms with van der Waals surface area (Å²) in [5, 5.41) is 13.1. The first-order valence-corrected chi connectivity index (χ1v) is 10.9. The molecule has 0 radical (unpaired) electrons. The second-order valence-electron chi connectivity index (χ2n) is 7.88. The summed E-state index contributed by atoms with van der Waals surface area (Å²) in [6.45, 7) is 8.28. The molecule has 2 aliphatic rings. The van der Waals surface area contributed by atoms with E-state index < -0.39 is 0 Å². The fourth-order valence-electron chi connectivity index (χ4n) is 3.88. The van der Waals surface area contributed by atoms with Crippen LogP contribution >= 0.6 is 24.0 Å². The molecule has 2 fully saturated rings. The minimum Gasteiger partial charge on any atom is -0.492 e. The number of halogens is 1. The van der Waals surface area contributed by atoms with E-state index in [1.165, 1.54) is 0 Å². The van der Waals surface area contributed by atoms with Gasteiger partial charge < -0.3 is 24.8 Å². The molecule has 7 nitrogen and oxygen atoms in total. The van der Waals surface area contributed by atoms with Gasteiger partial charge in [-0.15, -0.1) is 24.0 Å². The predicted molar refractivity (Wildman–Crippen MR) is 131 cm³/mol. The van der Waals surface area contributed by atoms with Gasteiger partial charge in [0.1, 0.15) is 12.4 Å². The number of nitrogens with one attached hydrogen (secondary N) is 1. The lowest BCUT2D eigenvalue weighted by Crippen LogP contribution is -2.40. The van der Waals surface area contributed by atoms with Gasteiger partial charge in [-0.1, -0.05) is 12.1 Å². The molecule has 2 N–H and O–H groups in total. The molecule has 1 aromatic carbocycles. The van der Waals surface area contributed by atoms with Gasteiger partial charge in [-0.2, -0.15) is 0 Å². The summed E-state index contributed by atoms with van der Waals surface area (Å²) in [7, 11) is 2.17. The number of β-amino-alcohol motifs (C(OH)–C–C–N with tert-alkyl or cyclic N) is 1. The Morgan fingerprint density at radius 2 is 2.13 bits per heavy atom. The van der Waals surface area contributed by atoms with Crippen LogP contribution in [0.5, 0.6) is 5.75 Å². The second kappa shape index (κ2) is 13.3. The maximum Gasteiger partial charge on any atom is 0.194 e. The highest BCUT2D eigenvalue weighted by Crippen LogP contribution is 2.16. The van der Waals surface area contributed by atoms with Crippen molar-refractivity contribution < 1.29 is 14.6 Å². The first-order chi connectivity index (χ1) is 14.2. The molecule has 2 heterocycles. The zero-order chi connectivity index (χ0) is 20.5. The lowest BCUT2D eigenvalue weighted by molar-refractivity contribution is 0.0392. The van der Waals surface area contributed by atoms with Gasteiger partial charge in [0, 0.05) is 45.4 Å². The molecule has 0 unspecified atom stereocenters. The zero-order valence-corrected chi connectivity index (χ0v) is 20.6. The average molecular weight is 532 g/mol. The molecule has 0 saturated carbocycles. The highest BCUT2D eigenvalue weighted by Gasteiger charge is 2.22. The summed E-state index contributed by atoms with van der Waals surface area (Å²) in [6, 6.07) is 8.77. The maximum atomic E-state index is 9.79. The average Bonchev–Trinajstić information content (AvgIpc) is 3.18. The number of likely N-dealkylation sites (tertiary alicyclic amines) is 1. The third-order valence-electron chi connectivity index (χ3n) is 5.63. The van der Waals surface area contributed by atoms with Crippen LogP contribution in [0, 0.1) is 0 Å². The number of ether oxygens (including phenoxy) is 2. The van der Waals surface area contributed by atoms with Crippen LogP contribution in [-0.2, 0) is 11.3 Å². The van der Waals surface area contributed by atoms with Crippen molar-refractivity contribution in [3.8, 4) is 5.75 Å². The van der Waals surface area contributed by atoms with Crippen LogP contribution in [0.1, 0.15) is 31.7 Å². The number of aliphatic hydroxyl groups is 1. The molecule has 0 amide bonds. The largest absolute Gasteiger partial charge is 0.492 e. The summed E-state index contributed by atoms with van der Waals surface area (Å²) in [6.07, 6.45) is 2.75. The summed E-state index contributed by atoms with van der Waals surface area (Å²) < 4.78 is 11.4. The van der Waals surface area contributed by atoms with Crippen LogP contribution in [0.3, 0.4) is 0 Å². The van der Waals surface area contributed by atoms with E-state index in [1.54, 1.807) is 0 Å². The quantitative estimate of drug-likeness (QED) is 0.305. The zero-order valence-electron chi connectivity index (χ0n) is 18.3. The number of likely N-dealkylation sites (N-methyl/N-ethyl adjacent to an activating group) is 1. The molecule has 0 spiro atoms. The first kappa shape index (κ1) is 25.2. The molecular weight excluding hydrogens is 495 g/mol. The van der Waals surface area contributed by atoms with E-state index in [4.69, 9.17) is 14.5 Å². The standard InChI is InChI=1S/C22H36N4O3.HI/c1-3-23-22(26-10-7-20(27)17-26)24-16-18-5-4-6-21(15-18)29-14-11-25(2)19-8-12-28-13-9-19;/h4-6,15,19-20,27H,3,7-14,16-17H2,1-2H3,(H,23,24);1H/t20-;/m1./s1. The van der Waals surface area contributed by atoms with Crippen LogP contribution < -0.4 is 10.1 Å². The number of hydrogen-bond donors (Lipinski definition) is 2. The summed E-state index contributed by atoms with van der Waals surface area (Å²) >= 11 is 0. The van der Waals surface area contributed by atoms with Crippen LogP contribution in [0.4, 0.5) is 0 Å². The Bertz CT molecular complexity index is 655. The van der Waals surface area contributed by atoms with Gasteiger partial charge in [0.15, 0.2) is 5.96 Å². The Labute approximate surface area is 197 Å². The van der Waals surface area contributed by atoms with E-state index in [0.29, 0.717) is 25.7 Å². The van der Waals surface area contributed by atoms with Crippen molar-refractivity contribution in [2.45, 2.75) is 44.9 Å². The molecule has 3 rings (SSSR count). The molecule has 0 aliphatic carbocycles. The third-order valence-corrected chi connectivity index (χ3v) is 5.63. The van der Waals surface area contributed by atoms with E-state index in [2.05, 4.69) is 41.2 Å². The van der Waals surface area contributed by atoms with E-state index in [0.717, 1.165) is 69.4 Å². The molecule has 2 aliphatic heterocycles. The van der Waals surface area contributed by atoms with Crippen LogP contribution in [0.25, 0.3) is 0 Å². The SMILES string of the molecule is CCNC(=NCc1cccc(OCCN(C)C2CCOCC2)c1)N1CC[C@@H](O)C1.I. The van der Waals surface area contributed by atoms with Crippen molar-refractivity contribution in [2.75, 3.05) is 53.0 Å². The normalized spacial score (nSPS) is 20.3. The summed E-state index contributed by atoms with van der Waals surface area (Å²) in [5.74, 6) is 1.76. The summed E-state index contributed by atoms with van der Waals surface area (Å²) in [4.78, 5) is 9.26. The Morgan fingerprint density at radius 3 is 2.83 bits per heavy atom. The van der Waals surface area contributed by atoms with Crippen molar-refractivity contribution >= 4 is 29.9 Å². The van der Waals surface area contributed by atoms with Gasteiger partial charge in [0.05, 0.1) is 12.6 Å². The van der Waals surface area contributed by atoms with E-state index in [-0.39, 0.29) is 30.1 Å². The number of nitrogens with zero attached hydrogens (tertiary/aromatic N) is 3. The van der Waals surface area contributed by atoms with Crippen molar-refractivity contribution in [2.24, 2.45) is 4.99 Å². The van der Waals surface area contributed by atoms with Crippen molar-refractivity contribution in [3.63, 3.8) is 0 Å². The van der Waals surface area contributed by atoms with Crippen molar-refractivity contribution in [3.05, 3.63) is 29.8 Å². The maximum absolute atomic E-state index is 9.79. The van der Waals surface area contributed by atoms with Crippen LogP contribution in [-0.4, -0.2) is 86.1 Å². The van der Waals surface area contributed by atoms with E-state index in [1.807, 2.05) is 12.1 Å². The lowest BCUT2D eigenvalue weighted by atomic mass is 10.1. The molecule has 170 valence electrons. The van der Waals surface area contributed by atoms with Crippen LogP contribution in [0.15, 0.2) is 29.3 Å². The molecule has 2 saturated heterocycles. The predicted octanol–water partition coefficient (Wildman–Crippen LogP) is 2.33. The number of hydrogen-bond acceptors (Lipinski definition) is 5. The molecule has 1 atom stereocenters. The molecule has 0 bridgehead atoms. The van der Waals surface area contributed by atoms with Gasteiger partial charge in [0.25, 0.3) is 0 Å². The Balaban J connectivity index is 0.00000320. The minimum absolute atomic E-state index is 0. The Morgan fingerprint density at radius 1 is 1.33 bits per heavy atom. The molecule has 1 aromatic rings. The number of benzene rings is 1. The topological polar surface area (TPSA) is 69.6 Å². The van der Waals surface area contributed by atoms with Crippen LogP contribution in [0.2, 0.25) is 0 Å². The molecule has 0 aromatic heterocycles. The van der Waals surface area contributed by atoms with E-state index >= 15 is 0 Å². The van der Waals surface area contributed by atoms with Crippen molar-refractivity contribution in [1.29, 1.82) is 0 Å². The second-order valence-corrected chi connectivity index (χ2v) is 7.88. The lowest BCUT2D eigenvalue weighted by Gasteiger charge is -2.31. The van der Waals surface area contributed by atoms with Gasteiger partial charge >= 0.3 is 0 Å². The first-order valence-electron chi connectivity index (χ1n) is 10.9. The highest BCUT2D eigenvalue weighted by atomic mass is 127. The number of rotatable bonds is 8. The Kier molecular flexibility index (Phi) is 11.2.